The van der Waals surface area contributed by atoms with Gasteiger partial charge in [0.1, 0.15) is 0 Å². The lowest BCUT2D eigenvalue weighted by atomic mass is 10.1. The second-order valence-electron chi connectivity index (χ2n) is 6.07. The number of nitrogens with zero attached hydrogens (tertiary/aromatic N) is 1. The Morgan fingerprint density at radius 2 is 1.80 bits per heavy atom. The van der Waals surface area contributed by atoms with Crippen molar-refractivity contribution in [2.24, 2.45) is 5.92 Å². The van der Waals surface area contributed by atoms with Crippen LogP contribution in [0.1, 0.15) is 30.4 Å². The quantitative estimate of drug-likeness (QED) is 0.832. The number of carbonyl (C=O) groups is 1. The van der Waals surface area contributed by atoms with E-state index < -0.39 is 0 Å². The van der Waals surface area contributed by atoms with E-state index in [9.17, 15) is 4.79 Å². The average molecular weight is 272 g/mol. The minimum atomic E-state index is 0.152. The fraction of sp³-hybridized carbons (Fsp3) is 0.588. The molecule has 1 N–H and O–H groups in total. The Morgan fingerprint density at radius 3 is 2.45 bits per heavy atom. The minimum Gasteiger partial charge on any atom is -0.356 e. The fourth-order valence-electron chi connectivity index (χ4n) is 3.41. The van der Waals surface area contributed by atoms with Crippen LogP contribution in [0.5, 0.6) is 0 Å². The van der Waals surface area contributed by atoms with Gasteiger partial charge in [0.15, 0.2) is 0 Å². The number of nitrogens with one attached hydrogen (secondary N) is 1. The standard InChI is InChI=1S/C17H24N2O/c20-17(18-8-5-11-19-9-3-4-10-19)16-12-14-6-1-2-7-15(14)13-16/h1-2,6-7,16H,3-5,8-13H2,(H,18,20). The van der Waals surface area contributed by atoms with Gasteiger partial charge in [-0.25, -0.2) is 0 Å². The van der Waals surface area contributed by atoms with Gasteiger partial charge < -0.3 is 10.2 Å². The number of hydrogen-bond donors (Lipinski definition) is 1. The molecule has 1 aliphatic heterocycles. The van der Waals surface area contributed by atoms with Crippen molar-refractivity contribution in [2.75, 3.05) is 26.2 Å². The summed E-state index contributed by atoms with van der Waals surface area (Å²) in [7, 11) is 0. The van der Waals surface area contributed by atoms with Gasteiger partial charge in [0.25, 0.3) is 0 Å². The van der Waals surface area contributed by atoms with E-state index in [2.05, 4.69) is 34.5 Å². The highest BCUT2D eigenvalue weighted by Gasteiger charge is 2.26. The normalized spacial score (nSPS) is 19.2. The molecule has 0 bridgehead atoms. The third-order valence-corrected chi connectivity index (χ3v) is 4.57. The van der Waals surface area contributed by atoms with Gasteiger partial charge in [-0.1, -0.05) is 24.3 Å². The molecule has 1 amide bonds. The van der Waals surface area contributed by atoms with E-state index in [0.717, 1.165) is 32.4 Å². The number of hydrogen-bond acceptors (Lipinski definition) is 2. The van der Waals surface area contributed by atoms with E-state index in [1.54, 1.807) is 0 Å². The molecule has 1 aromatic carbocycles. The summed E-state index contributed by atoms with van der Waals surface area (Å²) >= 11 is 0. The van der Waals surface area contributed by atoms with E-state index in [-0.39, 0.29) is 11.8 Å². The minimum absolute atomic E-state index is 0.152. The van der Waals surface area contributed by atoms with Crippen LogP contribution >= 0.6 is 0 Å². The Morgan fingerprint density at radius 1 is 1.15 bits per heavy atom. The van der Waals surface area contributed by atoms with Crippen LogP contribution in [0.3, 0.4) is 0 Å². The monoisotopic (exact) mass is 272 g/mol. The average Bonchev–Trinajstić information content (AvgIpc) is 3.12. The predicted molar refractivity (Wildman–Crippen MR) is 80.6 cm³/mol. The second-order valence-corrected chi connectivity index (χ2v) is 6.07. The topological polar surface area (TPSA) is 32.3 Å². The van der Waals surface area contributed by atoms with E-state index in [1.165, 1.54) is 37.1 Å². The van der Waals surface area contributed by atoms with Crippen LogP contribution < -0.4 is 5.32 Å². The Balaban J connectivity index is 1.38. The van der Waals surface area contributed by atoms with Crippen molar-refractivity contribution in [1.29, 1.82) is 0 Å². The lowest BCUT2D eigenvalue weighted by Gasteiger charge is -2.15. The molecule has 3 heteroatoms. The lowest BCUT2D eigenvalue weighted by Crippen LogP contribution is -2.33. The van der Waals surface area contributed by atoms with Gasteiger partial charge >= 0.3 is 0 Å². The van der Waals surface area contributed by atoms with Gasteiger partial charge in [0.05, 0.1) is 0 Å². The molecule has 0 aromatic heterocycles. The first-order valence-electron chi connectivity index (χ1n) is 7.90. The summed E-state index contributed by atoms with van der Waals surface area (Å²) < 4.78 is 0. The molecule has 1 aliphatic carbocycles. The van der Waals surface area contributed by atoms with Crippen molar-refractivity contribution in [3.05, 3.63) is 35.4 Å². The van der Waals surface area contributed by atoms with Crippen molar-refractivity contribution in [3.63, 3.8) is 0 Å². The number of likely N-dealkylation sites (tertiary alicyclic amines) is 1. The highest BCUT2D eigenvalue weighted by molar-refractivity contribution is 5.80. The molecule has 0 unspecified atom stereocenters. The first-order valence-corrected chi connectivity index (χ1v) is 7.90. The highest BCUT2D eigenvalue weighted by atomic mass is 16.1. The zero-order valence-corrected chi connectivity index (χ0v) is 12.1. The van der Waals surface area contributed by atoms with Crippen LogP contribution in [-0.4, -0.2) is 37.0 Å². The molecule has 1 saturated heterocycles. The van der Waals surface area contributed by atoms with E-state index >= 15 is 0 Å². The van der Waals surface area contributed by atoms with Crippen molar-refractivity contribution >= 4 is 5.91 Å². The van der Waals surface area contributed by atoms with Crippen LogP contribution in [0.15, 0.2) is 24.3 Å². The molecular weight excluding hydrogens is 248 g/mol. The summed E-state index contributed by atoms with van der Waals surface area (Å²) in [6.45, 7) is 4.44. The fourth-order valence-corrected chi connectivity index (χ4v) is 3.41. The first-order chi connectivity index (χ1) is 9.83. The first kappa shape index (κ1) is 13.6. The summed E-state index contributed by atoms with van der Waals surface area (Å²) in [6, 6.07) is 8.43. The molecule has 1 fully saturated rings. The molecule has 3 rings (SSSR count). The Labute approximate surface area is 121 Å². The maximum Gasteiger partial charge on any atom is 0.223 e. The SMILES string of the molecule is O=C(NCCCN1CCCC1)C1Cc2ccccc2C1. The molecule has 2 aliphatic rings. The molecule has 0 atom stereocenters. The molecule has 108 valence electrons. The van der Waals surface area contributed by atoms with E-state index in [4.69, 9.17) is 0 Å². The van der Waals surface area contributed by atoms with Gasteiger partial charge in [-0.05, 0) is 62.9 Å². The Kier molecular flexibility index (Phi) is 4.36. The Hall–Kier alpha value is -1.35. The number of rotatable bonds is 5. The zero-order valence-electron chi connectivity index (χ0n) is 12.1. The van der Waals surface area contributed by atoms with Crippen molar-refractivity contribution < 1.29 is 4.79 Å². The predicted octanol–water partition coefficient (Wildman–Crippen LogP) is 2.00. The third kappa shape index (κ3) is 3.21. The van der Waals surface area contributed by atoms with Gasteiger partial charge in [0.2, 0.25) is 5.91 Å². The summed E-state index contributed by atoms with van der Waals surface area (Å²) in [5, 5.41) is 3.12. The maximum absolute atomic E-state index is 12.2. The zero-order chi connectivity index (χ0) is 13.8. The van der Waals surface area contributed by atoms with Crippen molar-refractivity contribution in [1.82, 2.24) is 10.2 Å². The largest absolute Gasteiger partial charge is 0.356 e. The summed E-state index contributed by atoms with van der Waals surface area (Å²) in [4.78, 5) is 14.7. The van der Waals surface area contributed by atoms with Gasteiger partial charge in [-0.2, -0.15) is 0 Å². The van der Waals surface area contributed by atoms with Crippen molar-refractivity contribution in [2.45, 2.75) is 32.1 Å². The molecule has 0 spiro atoms. The molecule has 1 aromatic rings. The number of benzene rings is 1. The third-order valence-electron chi connectivity index (χ3n) is 4.57. The van der Waals surface area contributed by atoms with Crippen LogP contribution in [0.2, 0.25) is 0 Å². The smallest absolute Gasteiger partial charge is 0.223 e. The number of fused-ring (bicyclic) bond motifs is 1. The van der Waals surface area contributed by atoms with E-state index in [0.29, 0.717) is 0 Å². The Bertz CT molecular complexity index is 441. The lowest BCUT2D eigenvalue weighted by molar-refractivity contribution is -0.124. The van der Waals surface area contributed by atoms with Gasteiger partial charge in [0, 0.05) is 12.5 Å². The summed E-state index contributed by atoms with van der Waals surface area (Å²) in [6.07, 6.45) is 5.58. The molecule has 0 radical (unpaired) electrons. The molecule has 20 heavy (non-hydrogen) atoms. The van der Waals surface area contributed by atoms with Crippen LogP contribution in [0.4, 0.5) is 0 Å². The second kappa shape index (κ2) is 6.40. The van der Waals surface area contributed by atoms with Crippen LogP contribution in [0.25, 0.3) is 0 Å². The van der Waals surface area contributed by atoms with Crippen LogP contribution in [0, 0.1) is 5.92 Å². The van der Waals surface area contributed by atoms with E-state index in [1.807, 2.05) is 0 Å². The van der Waals surface area contributed by atoms with Gasteiger partial charge in [-0.15, -0.1) is 0 Å². The number of amides is 1. The molecule has 3 nitrogen and oxygen atoms in total. The molecule has 0 saturated carbocycles. The molecular formula is C17H24N2O. The number of carbonyl (C=O) groups excluding carboxylic acids is 1. The maximum atomic E-state index is 12.2. The van der Waals surface area contributed by atoms with Crippen molar-refractivity contribution in [3.8, 4) is 0 Å². The van der Waals surface area contributed by atoms with Gasteiger partial charge in [-0.3, -0.25) is 4.79 Å². The highest BCUT2D eigenvalue weighted by Crippen LogP contribution is 2.26. The summed E-state index contributed by atoms with van der Waals surface area (Å²) in [5.74, 6) is 0.391. The van der Waals surface area contributed by atoms with Crippen LogP contribution in [-0.2, 0) is 17.6 Å². The summed E-state index contributed by atoms with van der Waals surface area (Å²) in [5.41, 5.74) is 2.70. The molecule has 1 heterocycles.